The Labute approximate surface area is 441 Å². The van der Waals surface area contributed by atoms with Crippen molar-refractivity contribution in [1.82, 2.24) is 40.0 Å². The van der Waals surface area contributed by atoms with Crippen molar-refractivity contribution >= 4 is 62.7 Å². The van der Waals surface area contributed by atoms with Crippen LogP contribution in [0, 0.1) is 11.8 Å². The van der Waals surface area contributed by atoms with Gasteiger partial charge in [0.05, 0.1) is 11.0 Å². The maximum atomic E-state index is 13.4. The Morgan fingerprint density at radius 1 is 0.581 bits per heavy atom. The van der Waals surface area contributed by atoms with Gasteiger partial charge in [-0.3, -0.25) is 38.1 Å². The Bertz CT molecular complexity index is 2490. The van der Waals surface area contributed by atoms with E-state index in [1.807, 2.05) is 36.4 Å². The van der Waals surface area contributed by atoms with Crippen LogP contribution in [-0.4, -0.2) is 110 Å². The Kier molecular flexibility index (Phi) is 23.0. The van der Waals surface area contributed by atoms with Crippen LogP contribution in [-0.2, 0) is 38.7 Å². The Morgan fingerprint density at radius 3 is 1.45 bits per heavy atom. The van der Waals surface area contributed by atoms with Crippen LogP contribution >= 0.6 is 0 Å². The molecule has 15 nitrogen and oxygen atoms in total. The molecule has 0 spiro atoms. The van der Waals surface area contributed by atoms with Crippen molar-refractivity contribution in [3.63, 3.8) is 0 Å². The zero-order valence-corrected chi connectivity index (χ0v) is 45.9. The van der Waals surface area contributed by atoms with E-state index in [2.05, 4.69) is 40.0 Å². The summed E-state index contributed by atoms with van der Waals surface area (Å²) in [4.78, 5) is 80.7. The third-order valence-electron chi connectivity index (χ3n) is 15.5. The number of likely N-dealkylation sites (N-methyl/N-ethyl adjacent to an activating group) is 2. The fraction of sp³-hybridized carbons (Fsp3) is 0.661. The Morgan fingerprint density at radius 2 is 0.986 bits per heavy atom. The van der Waals surface area contributed by atoms with Gasteiger partial charge >= 0.3 is 0 Å². The molecule has 3 aliphatic rings. The SMILES string of the molecule is CC(=O)c1nn(CC(=O)N(C)C2CCCCCCCCCCNC2=O)c2ccc(CC(C)C)cc12.CC(=O)c1nn(CC(=O)N(C)C2CCCCCCCCCCNC2=O)c2ccc(NCC3CCCCC3)cc12. The van der Waals surface area contributed by atoms with Crippen LogP contribution in [0.15, 0.2) is 36.4 Å². The van der Waals surface area contributed by atoms with Crippen LogP contribution in [0.1, 0.15) is 202 Å². The van der Waals surface area contributed by atoms with Crippen LogP contribution in [0.4, 0.5) is 5.69 Å². The molecule has 406 valence electrons. The van der Waals surface area contributed by atoms with Gasteiger partial charge in [-0.1, -0.05) is 129 Å². The average molecular weight is 1020 g/mol. The average Bonchev–Trinajstić information content (AvgIpc) is 3.94. The minimum absolute atomic E-state index is 0.00636. The molecule has 0 radical (unpaired) electrons. The van der Waals surface area contributed by atoms with E-state index >= 15 is 0 Å². The third kappa shape index (κ3) is 17.0. The molecule has 0 bridgehead atoms. The molecule has 2 saturated heterocycles. The maximum absolute atomic E-state index is 13.4. The number of anilines is 1. The summed E-state index contributed by atoms with van der Waals surface area (Å²) in [5, 5.41) is 20.2. The molecule has 2 unspecified atom stereocenters. The molecule has 3 N–H and O–H groups in total. The van der Waals surface area contributed by atoms with Crippen molar-refractivity contribution in [2.75, 3.05) is 39.0 Å². The summed E-state index contributed by atoms with van der Waals surface area (Å²) in [6, 6.07) is 11.0. The smallest absolute Gasteiger partial charge is 0.244 e. The largest absolute Gasteiger partial charge is 0.385 e. The van der Waals surface area contributed by atoms with Gasteiger partial charge in [-0.05, 0) is 92.7 Å². The fourth-order valence-corrected chi connectivity index (χ4v) is 11.1. The van der Waals surface area contributed by atoms with Gasteiger partial charge in [-0.15, -0.1) is 0 Å². The van der Waals surface area contributed by atoms with Gasteiger partial charge in [0.1, 0.15) is 36.6 Å². The van der Waals surface area contributed by atoms with Crippen molar-refractivity contribution in [3.05, 3.63) is 53.3 Å². The molecule has 2 aromatic heterocycles. The number of ketones is 2. The number of benzene rings is 2. The van der Waals surface area contributed by atoms with Crippen LogP contribution in [0.3, 0.4) is 0 Å². The number of nitrogens with zero attached hydrogens (tertiary/aromatic N) is 6. The number of nitrogens with one attached hydrogen (secondary N) is 3. The molecule has 15 heteroatoms. The highest BCUT2D eigenvalue weighted by Crippen LogP contribution is 2.28. The summed E-state index contributed by atoms with van der Waals surface area (Å²) in [6.45, 7) is 9.56. The normalized spacial score (nSPS) is 19.4. The van der Waals surface area contributed by atoms with Gasteiger partial charge in [0, 0.05) is 64.0 Å². The van der Waals surface area contributed by atoms with Crippen molar-refractivity contribution in [1.29, 1.82) is 0 Å². The summed E-state index contributed by atoms with van der Waals surface area (Å²) < 4.78 is 3.23. The molecular formula is C59H89N9O6. The van der Waals surface area contributed by atoms with E-state index < -0.39 is 12.1 Å². The Hall–Kier alpha value is -5.60. The fourth-order valence-electron chi connectivity index (χ4n) is 11.1. The van der Waals surface area contributed by atoms with Gasteiger partial charge in [0.25, 0.3) is 0 Å². The highest BCUT2D eigenvalue weighted by Gasteiger charge is 2.30. The summed E-state index contributed by atoms with van der Waals surface area (Å²) in [5.41, 5.74) is 4.41. The van der Waals surface area contributed by atoms with Crippen LogP contribution in [0.25, 0.3) is 21.8 Å². The summed E-state index contributed by atoms with van der Waals surface area (Å²) >= 11 is 0. The van der Waals surface area contributed by atoms with E-state index in [4.69, 9.17) is 0 Å². The molecule has 74 heavy (non-hydrogen) atoms. The number of carbonyl (C=O) groups is 6. The minimum atomic E-state index is -0.497. The van der Waals surface area contributed by atoms with E-state index in [-0.39, 0.29) is 48.3 Å². The number of aromatic nitrogens is 4. The summed E-state index contributed by atoms with van der Waals surface area (Å²) in [6.07, 6.45) is 26.7. The number of amides is 4. The molecular weight excluding hydrogens is 931 g/mol. The lowest BCUT2D eigenvalue weighted by Crippen LogP contribution is -2.48. The number of carbonyl (C=O) groups excluding carboxylic acids is 6. The number of hydrogen-bond donors (Lipinski definition) is 3. The van der Waals surface area contributed by atoms with Crippen LogP contribution < -0.4 is 16.0 Å². The molecule has 7 rings (SSSR count). The van der Waals surface area contributed by atoms with E-state index in [1.165, 1.54) is 97.3 Å². The standard InChI is InChI=1S/C31H47N5O3.C28H42N4O3/c1-23(37)30-26-20-25(33-21-24-14-10-9-11-15-24)17-18-27(26)36(34-30)22-29(38)35(2)28-16-12-7-5-3-4-6-8-13-19-32-31(28)39;1-20(2)17-22-14-15-24-23(18-22)27(21(3)33)30-32(24)19-26(34)31(4)25-13-11-9-7-5-6-8-10-12-16-29-28(25)35/h17-18,20,24,28,33H,3-16,19,21-22H2,1-2H3,(H,32,39);14-15,18,20,25H,5-13,16-17,19H2,1-4H3,(H,29,35). The first kappa shape index (κ1) is 57.7. The van der Waals surface area contributed by atoms with Gasteiger partial charge in [-0.2, -0.15) is 10.2 Å². The monoisotopic (exact) mass is 1020 g/mol. The predicted octanol–water partition coefficient (Wildman–Crippen LogP) is 10.6. The van der Waals surface area contributed by atoms with E-state index in [9.17, 15) is 28.8 Å². The molecule has 4 aromatic rings. The van der Waals surface area contributed by atoms with Gasteiger partial charge in [0.2, 0.25) is 23.6 Å². The van der Waals surface area contributed by atoms with Crippen molar-refractivity contribution in [2.45, 2.75) is 207 Å². The van der Waals surface area contributed by atoms with Crippen LogP contribution in [0.5, 0.6) is 0 Å². The van der Waals surface area contributed by atoms with Gasteiger partial charge in [0.15, 0.2) is 11.6 Å². The highest BCUT2D eigenvalue weighted by molar-refractivity contribution is 6.06. The van der Waals surface area contributed by atoms with E-state index in [0.717, 1.165) is 97.4 Å². The zero-order valence-electron chi connectivity index (χ0n) is 45.9. The highest BCUT2D eigenvalue weighted by atomic mass is 16.2. The second-order valence-corrected chi connectivity index (χ2v) is 22.0. The summed E-state index contributed by atoms with van der Waals surface area (Å²) in [7, 11) is 3.43. The molecule has 2 aromatic carbocycles. The lowest BCUT2D eigenvalue weighted by molar-refractivity contribution is -0.139. The van der Waals surface area contributed by atoms with Crippen LogP contribution in [0.2, 0.25) is 0 Å². The lowest BCUT2D eigenvalue weighted by atomic mass is 9.89. The van der Waals surface area contributed by atoms with Crippen molar-refractivity contribution in [2.24, 2.45) is 11.8 Å². The number of fused-ring (bicyclic) bond motifs is 2. The quantitative estimate of drug-likeness (QED) is 0.110. The van der Waals surface area contributed by atoms with E-state index in [0.29, 0.717) is 49.2 Å². The van der Waals surface area contributed by atoms with Crippen molar-refractivity contribution < 1.29 is 28.8 Å². The zero-order chi connectivity index (χ0) is 53.0. The minimum Gasteiger partial charge on any atom is -0.385 e. The molecule has 3 fully saturated rings. The third-order valence-corrected chi connectivity index (χ3v) is 15.5. The predicted molar refractivity (Wildman–Crippen MR) is 295 cm³/mol. The Balaban J connectivity index is 0.000000242. The molecule has 2 aliphatic heterocycles. The molecule has 1 saturated carbocycles. The van der Waals surface area contributed by atoms with Gasteiger partial charge in [-0.25, -0.2) is 0 Å². The van der Waals surface area contributed by atoms with E-state index in [1.54, 1.807) is 33.3 Å². The first-order valence-electron chi connectivity index (χ1n) is 28.5. The number of Topliss-reactive ketones (excluding diaryl/α,β-unsaturated/α-hetero) is 2. The second-order valence-electron chi connectivity index (χ2n) is 22.0. The number of rotatable bonds is 13. The first-order chi connectivity index (χ1) is 35.7. The molecule has 4 heterocycles. The lowest BCUT2D eigenvalue weighted by Gasteiger charge is -2.27. The maximum Gasteiger partial charge on any atom is 0.244 e. The number of hydrogen-bond acceptors (Lipinski definition) is 9. The first-order valence-corrected chi connectivity index (χ1v) is 28.5. The summed E-state index contributed by atoms with van der Waals surface area (Å²) in [5.74, 6) is 0.430. The topological polar surface area (TPSA) is 181 Å². The van der Waals surface area contributed by atoms with Gasteiger partial charge < -0.3 is 25.8 Å². The second kappa shape index (κ2) is 29.5. The van der Waals surface area contributed by atoms with Crippen molar-refractivity contribution in [3.8, 4) is 0 Å². The molecule has 2 atom stereocenters. The molecule has 1 aliphatic carbocycles. The molecule has 4 amide bonds.